The Hall–Kier alpha value is -3.46. The van der Waals surface area contributed by atoms with Crippen LogP contribution in [0.15, 0.2) is 48.8 Å². The van der Waals surface area contributed by atoms with Crippen molar-refractivity contribution in [1.29, 1.82) is 0 Å². The fourth-order valence-electron chi connectivity index (χ4n) is 3.85. The van der Waals surface area contributed by atoms with E-state index in [4.69, 9.17) is 4.74 Å². The smallest absolute Gasteiger partial charge is 0.265 e. The van der Waals surface area contributed by atoms with Crippen LogP contribution >= 0.6 is 11.3 Å². The molecule has 2 amide bonds. The van der Waals surface area contributed by atoms with Crippen LogP contribution in [0.4, 0.5) is 5.69 Å². The number of ether oxygens (including phenoxy) is 1. The molecule has 9 heteroatoms. The first-order chi connectivity index (χ1) is 15.4. The summed E-state index contributed by atoms with van der Waals surface area (Å²) in [6.45, 7) is 2.25. The summed E-state index contributed by atoms with van der Waals surface area (Å²) in [4.78, 5) is 39.7. The van der Waals surface area contributed by atoms with Crippen molar-refractivity contribution in [2.24, 2.45) is 0 Å². The SMILES string of the molecule is COc1cccc([C@@H]2CCCN2C(=O)Cn2cc(NC(=O)c3ccc(C(C)=O)s3)cn2)c1. The lowest BCUT2D eigenvalue weighted by atomic mass is 10.0. The lowest BCUT2D eigenvalue weighted by Gasteiger charge is -2.25. The summed E-state index contributed by atoms with van der Waals surface area (Å²) in [5, 5.41) is 6.98. The highest BCUT2D eigenvalue weighted by atomic mass is 32.1. The number of nitrogens with one attached hydrogen (secondary N) is 1. The molecule has 3 heterocycles. The highest BCUT2D eigenvalue weighted by Crippen LogP contribution is 2.33. The average Bonchev–Trinajstić information content (AvgIpc) is 3.54. The molecule has 0 saturated carbocycles. The lowest BCUT2D eigenvalue weighted by molar-refractivity contribution is -0.133. The second-order valence-corrected chi connectivity index (χ2v) is 8.71. The van der Waals surface area contributed by atoms with Gasteiger partial charge in [0.05, 0.1) is 34.8 Å². The van der Waals surface area contributed by atoms with Crippen LogP contribution < -0.4 is 10.1 Å². The van der Waals surface area contributed by atoms with Crippen LogP contribution in [0.25, 0.3) is 0 Å². The molecular formula is C23H24N4O4S. The Morgan fingerprint density at radius 1 is 1.22 bits per heavy atom. The molecule has 8 nitrogen and oxygen atoms in total. The third kappa shape index (κ3) is 4.72. The lowest BCUT2D eigenvalue weighted by Crippen LogP contribution is -2.33. The molecule has 0 spiro atoms. The minimum absolute atomic E-state index is 0.0154. The van der Waals surface area contributed by atoms with E-state index < -0.39 is 0 Å². The number of nitrogens with zero attached hydrogens (tertiary/aromatic N) is 3. The first kappa shape index (κ1) is 21.8. The highest BCUT2D eigenvalue weighted by Gasteiger charge is 2.30. The molecule has 1 saturated heterocycles. The van der Waals surface area contributed by atoms with E-state index in [2.05, 4.69) is 10.4 Å². The van der Waals surface area contributed by atoms with Crippen LogP contribution in [0.1, 0.15) is 50.7 Å². The summed E-state index contributed by atoms with van der Waals surface area (Å²) in [5.41, 5.74) is 1.55. The number of amides is 2. The Labute approximate surface area is 189 Å². The molecule has 1 atom stereocenters. The Morgan fingerprint density at radius 3 is 2.78 bits per heavy atom. The van der Waals surface area contributed by atoms with E-state index in [1.807, 2.05) is 29.2 Å². The first-order valence-corrected chi connectivity index (χ1v) is 11.1. The van der Waals surface area contributed by atoms with Gasteiger partial charge in [0, 0.05) is 12.7 Å². The number of ketones is 1. The Bertz CT molecular complexity index is 1150. The zero-order valence-electron chi connectivity index (χ0n) is 17.9. The van der Waals surface area contributed by atoms with E-state index in [0.717, 1.165) is 35.5 Å². The third-order valence-corrected chi connectivity index (χ3v) is 6.60. The van der Waals surface area contributed by atoms with Gasteiger partial charge in [0.15, 0.2) is 5.78 Å². The van der Waals surface area contributed by atoms with Gasteiger partial charge in [0.1, 0.15) is 12.3 Å². The van der Waals surface area contributed by atoms with E-state index in [1.165, 1.54) is 17.8 Å². The maximum absolute atomic E-state index is 13.0. The van der Waals surface area contributed by atoms with Crippen molar-refractivity contribution in [3.63, 3.8) is 0 Å². The molecule has 0 aliphatic carbocycles. The molecule has 3 aromatic rings. The number of carbonyl (C=O) groups excluding carboxylic acids is 3. The fraction of sp³-hybridized carbons (Fsp3) is 0.304. The number of aromatic nitrogens is 2. The van der Waals surface area contributed by atoms with Gasteiger partial charge in [-0.15, -0.1) is 11.3 Å². The van der Waals surface area contributed by atoms with Crippen LogP contribution in [0.2, 0.25) is 0 Å². The quantitative estimate of drug-likeness (QED) is 0.551. The molecule has 0 unspecified atom stereocenters. The number of likely N-dealkylation sites (tertiary alicyclic amines) is 1. The standard InChI is InChI=1S/C23H24N4O4S/c1-15(28)20-8-9-21(32-20)23(30)25-17-12-24-26(13-17)14-22(29)27-10-4-7-19(27)16-5-3-6-18(11-16)31-2/h3,5-6,8-9,11-13,19H,4,7,10,14H2,1-2H3,(H,25,30)/t19-/m0/s1. The Morgan fingerprint density at radius 2 is 2.03 bits per heavy atom. The van der Waals surface area contributed by atoms with Crippen molar-refractivity contribution >= 4 is 34.6 Å². The fourth-order valence-corrected chi connectivity index (χ4v) is 4.64. The monoisotopic (exact) mass is 452 g/mol. The van der Waals surface area contributed by atoms with Crippen molar-refractivity contribution < 1.29 is 19.1 Å². The molecule has 2 aromatic heterocycles. The van der Waals surface area contributed by atoms with Crippen LogP contribution in [0.3, 0.4) is 0 Å². The molecule has 4 rings (SSSR count). The number of rotatable bonds is 7. The predicted molar refractivity (Wildman–Crippen MR) is 121 cm³/mol. The molecule has 1 aliphatic heterocycles. The number of Topliss-reactive ketones (excluding diaryl/α,β-unsaturated/α-hetero) is 1. The molecule has 1 N–H and O–H groups in total. The molecule has 0 bridgehead atoms. The van der Waals surface area contributed by atoms with Crippen LogP contribution in [-0.2, 0) is 11.3 Å². The number of methoxy groups -OCH3 is 1. The predicted octanol–water partition coefficient (Wildman–Crippen LogP) is 3.77. The molecule has 1 aromatic carbocycles. The van der Waals surface area contributed by atoms with E-state index in [0.29, 0.717) is 22.0 Å². The maximum atomic E-state index is 13.0. The summed E-state index contributed by atoms with van der Waals surface area (Å²) in [6.07, 6.45) is 4.99. The zero-order chi connectivity index (χ0) is 22.7. The number of thiophene rings is 1. The molecule has 1 fully saturated rings. The number of anilines is 1. The largest absolute Gasteiger partial charge is 0.497 e. The van der Waals surface area contributed by atoms with Crippen LogP contribution in [-0.4, -0.2) is 45.9 Å². The van der Waals surface area contributed by atoms with Gasteiger partial charge in [-0.3, -0.25) is 19.1 Å². The maximum Gasteiger partial charge on any atom is 0.265 e. The second kappa shape index (κ2) is 9.35. The van der Waals surface area contributed by atoms with Gasteiger partial charge in [0.25, 0.3) is 5.91 Å². The van der Waals surface area contributed by atoms with E-state index >= 15 is 0 Å². The molecule has 0 radical (unpaired) electrons. The van der Waals surface area contributed by atoms with Crippen LogP contribution in [0.5, 0.6) is 5.75 Å². The van der Waals surface area contributed by atoms with E-state index in [1.54, 1.807) is 25.4 Å². The van der Waals surface area contributed by atoms with Crippen molar-refractivity contribution in [1.82, 2.24) is 14.7 Å². The van der Waals surface area contributed by atoms with Crippen molar-refractivity contribution in [2.75, 3.05) is 19.0 Å². The van der Waals surface area contributed by atoms with E-state index in [-0.39, 0.29) is 30.2 Å². The van der Waals surface area contributed by atoms with Gasteiger partial charge in [-0.2, -0.15) is 5.10 Å². The summed E-state index contributed by atoms with van der Waals surface area (Å²) in [6, 6.07) is 11.1. The topological polar surface area (TPSA) is 93.5 Å². The molecule has 166 valence electrons. The Kier molecular flexibility index (Phi) is 6.36. The summed E-state index contributed by atoms with van der Waals surface area (Å²) in [5.74, 6) is 0.358. The van der Waals surface area contributed by atoms with Crippen molar-refractivity contribution in [2.45, 2.75) is 32.4 Å². The van der Waals surface area contributed by atoms with Crippen LogP contribution in [0, 0.1) is 0 Å². The minimum Gasteiger partial charge on any atom is -0.497 e. The molecule has 32 heavy (non-hydrogen) atoms. The number of hydrogen-bond acceptors (Lipinski definition) is 6. The second-order valence-electron chi connectivity index (χ2n) is 7.62. The summed E-state index contributed by atoms with van der Waals surface area (Å²) < 4.78 is 6.84. The average molecular weight is 453 g/mol. The number of benzene rings is 1. The van der Waals surface area contributed by atoms with Gasteiger partial charge in [-0.25, -0.2) is 0 Å². The number of carbonyl (C=O) groups is 3. The van der Waals surface area contributed by atoms with Crippen molar-refractivity contribution in [3.05, 3.63) is 64.1 Å². The summed E-state index contributed by atoms with van der Waals surface area (Å²) in [7, 11) is 1.63. The summed E-state index contributed by atoms with van der Waals surface area (Å²) >= 11 is 1.14. The molecular weight excluding hydrogens is 428 g/mol. The van der Waals surface area contributed by atoms with E-state index in [9.17, 15) is 14.4 Å². The van der Waals surface area contributed by atoms with Crippen molar-refractivity contribution in [3.8, 4) is 5.75 Å². The Balaban J connectivity index is 1.39. The molecule has 1 aliphatic rings. The van der Waals surface area contributed by atoms with Gasteiger partial charge in [0.2, 0.25) is 5.91 Å². The first-order valence-electron chi connectivity index (χ1n) is 10.3. The van der Waals surface area contributed by atoms with Gasteiger partial charge < -0.3 is 15.0 Å². The van der Waals surface area contributed by atoms with Gasteiger partial charge in [-0.05, 0) is 49.6 Å². The van der Waals surface area contributed by atoms with Gasteiger partial charge >= 0.3 is 0 Å². The number of hydrogen-bond donors (Lipinski definition) is 1. The minimum atomic E-state index is -0.314. The third-order valence-electron chi connectivity index (χ3n) is 5.42. The van der Waals surface area contributed by atoms with Gasteiger partial charge in [-0.1, -0.05) is 12.1 Å². The normalized spacial score (nSPS) is 15.6. The zero-order valence-corrected chi connectivity index (χ0v) is 18.7. The highest BCUT2D eigenvalue weighted by molar-refractivity contribution is 7.16.